The van der Waals surface area contributed by atoms with Gasteiger partial charge in [0.2, 0.25) is 0 Å². The van der Waals surface area contributed by atoms with Gasteiger partial charge in [0.15, 0.2) is 5.76 Å². The third-order valence-electron chi connectivity index (χ3n) is 5.46. The van der Waals surface area contributed by atoms with Crippen LogP contribution in [-0.2, 0) is 6.42 Å². The van der Waals surface area contributed by atoms with Crippen molar-refractivity contribution in [1.29, 1.82) is 0 Å². The number of aliphatic imine (C=N–C) groups is 1. The van der Waals surface area contributed by atoms with Crippen LogP contribution in [0.4, 0.5) is 0 Å². The summed E-state index contributed by atoms with van der Waals surface area (Å²) < 4.78 is 11.5. The van der Waals surface area contributed by atoms with Gasteiger partial charge < -0.3 is 14.5 Å². The van der Waals surface area contributed by atoms with E-state index < -0.39 is 0 Å². The minimum absolute atomic E-state index is 0.125. The molecule has 0 saturated heterocycles. The van der Waals surface area contributed by atoms with Crippen LogP contribution in [0.3, 0.4) is 0 Å². The first-order valence-electron chi connectivity index (χ1n) is 9.84. The van der Waals surface area contributed by atoms with E-state index in [2.05, 4.69) is 12.2 Å². The number of carbonyl (C=O) groups excluding carboxylic acids is 1. The second-order valence-corrected chi connectivity index (χ2v) is 8.81. The Morgan fingerprint density at radius 3 is 2.82 bits per heavy atom. The molecule has 3 unspecified atom stereocenters. The molecule has 2 aromatic rings. The van der Waals surface area contributed by atoms with E-state index in [1.807, 2.05) is 56.8 Å². The zero-order chi connectivity index (χ0) is 19.8. The number of nitrogens with one attached hydrogen (secondary N) is 1. The van der Waals surface area contributed by atoms with Gasteiger partial charge in [-0.2, -0.15) is 0 Å². The minimum Gasteiger partial charge on any atom is -0.494 e. The molecular formula is C22H26N2O3S. The first-order chi connectivity index (χ1) is 13.5. The van der Waals surface area contributed by atoms with Crippen molar-refractivity contribution >= 4 is 22.7 Å². The van der Waals surface area contributed by atoms with E-state index in [1.54, 1.807) is 0 Å². The number of hydrogen-bond acceptors (Lipinski definition) is 5. The summed E-state index contributed by atoms with van der Waals surface area (Å²) in [5, 5.41) is 4.67. The number of ether oxygens (including phenoxy) is 1. The zero-order valence-corrected chi connectivity index (χ0v) is 17.6. The lowest BCUT2D eigenvalue weighted by atomic mass is 9.90. The van der Waals surface area contributed by atoms with Gasteiger partial charge in [0.1, 0.15) is 11.5 Å². The van der Waals surface area contributed by atoms with Crippen LogP contribution in [-0.4, -0.2) is 22.8 Å². The second kappa shape index (κ2) is 7.66. The van der Waals surface area contributed by atoms with E-state index in [9.17, 15) is 4.79 Å². The van der Waals surface area contributed by atoms with Crippen LogP contribution in [0.1, 0.15) is 72.3 Å². The van der Waals surface area contributed by atoms with Crippen molar-refractivity contribution in [3.63, 3.8) is 0 Å². The molecule has 2 heterocycles. The monoisotopic (exact) mass is 398 g/mol. The Bertz CT molecular complexity index is 917. The zero-order valence-electron chi connectivity index (χ0n) is 16.7. The quantitative estimate of drug-likeness (QED) is 0.770. The summed E-state index contributed by atoms with van der Waals surface area (Å²) in [6.45, 7) is 8.61. The molecular weight excluding hydrogens is 372 g/mol. The van der Waals surface area contributed by atoms with Crippen molar-refractivity contribution in [1.82, 2.24) is 5.32 Å². The SMILES string of the molecule is CCOc1ccc(C(C)NC(=O)c2oc3c(c2C)C2N=C(C)SC2CC3)cc1. The third kappa shape index (κ3) is 3.46. The average Bonchev–Trinajstić information content (AvgIpc) is 3.21. The van der Waals surface area contributed by atoms with Crippen LogP contribution in [0.15, 0.2) is 33.7 Å². The fourth-order valence-corrected chi connectivity index (χ4v) is 5.25. The van der Waals surface area contributed by atoms with E-state index in [0.717, 1.165) is 46.1 Å². The molecule has 6 heteroatoms. The highest BCUT2D eigenvalue weighted by Gasteiger charge is 2.39. The number of thioether (sulfide) groups is 1. The molecule has 28 heavy (non-hydrogen) atoms. The van der Waals surface area contributed by atoms with Crippen LogP contribution in [0.25, 0.3) is 0 Å². The third-order valence-corrected chi connectivity index (χ3v) is 6.70. The average molecular weight is 399 g/mol. The van der Waals surface area contributed by atoms with Crippen molar-refractivity contribution in [2.45, 2.75) is 57.9 Å². The molecule has 1 amide bonds. The maximum atomic E-state index is 12.9. The maximum Gasteiger partial charge on any atom is 0.287 e. The van der Waals surface area contributed by atoms with Crippen molar-refractivity contribution in [3.8, 4) is 5.75 Å². The largest absolute Gasteiger partial charge is 0.494 e. The molecule has 0 saturated carbocycles. The molecule has 3 atom stereocenters. The van der Waals surface area contributed by atoms with E-state index in [0.29, 0.717) is 17.6 Å². The lowest BCUT2D eigenvalue weighted by molar-refractivity contribution is 0.0909. The number of carbonyl (C=O) groups is 1. The molecule has 0 spiro atoms. The van der Waals surface area contributed by atoms with E-state index in [-0.39, 0.29) is 18.0 Å². The minimum atomic E-state index is -0.170. The van der Waals surface area contributed by atoms with Gasteiger partial charge in [0.05, 0.1) is 23.7 Å². The normalized spacial score (nSPS) is 21.5. The Morgan fingerprint density at radius 1 is 1.36 bits per heavy atom. The molecule has 1 aromatic heterocycles. The van der Waals surface area contributed by atoms with Gasteiger partial charge in [-0.15, -0.1) is 11.8 Å². The van der Waals surface area contributed by atoms with Crippen LogP contribution >= 0.6 is 11.8 Å². The maximum absolute atomic E-state index is 12.9. The van der Waals surface area contributed by atoms with Crippen LogP contribution < -0.4 is 10.1 Å². The Kier molecular flexibility index (Phi) is 5.23. The molecule has 0 fully saturated rings. The first kappa shape index (κ1) is 19.1. The highest BCUT2D eigenvalue weighted by Crippen LogP contribution is 2.47. The van der Waals surface area contributed by atoms with Crippen molar-refractivity contribution in [3.05, 3.63) is 52.5 Å². The fraction of sp³-hybridized carbons (Fsp3) is 0.455. The summed E-state index contributed by atoms with van der Waals surface area (Å²) in [5.41, 5.74) is 3.08. The van der Waals surface area contributed by atoms with Gasteiger partial charge in [-0.25, -0.2) is 0 Å². The summed E-state index contributed by atoms with van der Waals surface area (Å²) in [5.74, 6) is 2.01. The number of hydrogen-bond donors (Lipinski definition) is 1. The standard InChI is InChI=1S/C22H26N2O3S/c1-5-26-16-8-6-15(7-9-16)13(3)23-22(25)21-12(2)19-17(27-21)10-11-18-20(19)24-14(4)28-18/h6-9,13,18,20H,5,10-11H2,1-4H3,(H,23,25). The van der Waals surface area contributed by atoms with Crippen molar-refractivity contribution < 1.29 is 13.9 Å². The van der Waals surface area contributed by atoms with Gasteiger partial charge >= 0.3 is 0 Å². The highest BCUT2D eigenvalue weighted by molar-refractivity contribution is 8.14. The lowest BCUT2D eigenvalue weighted by Crippen LogP contribution is -2.27. The fourth-order valence-electron chi connectivity index (χ4n) is 4.07. The Balaban J connectivity index is 1.52. The molecule has 0 radical (unpaired) electrons. The molecule has 0 bridgehead atoms. The Hall–Kier alpha value is -2.21. The Morgan fingerprint density at radius 2 is 2.11 bits per heavy atom. The smallest absolute Gasteiger partial charge is 0.287 e. The van der Waals surface area contributed by atoms with Crippen LogP contribution in [0.2, 0.25) is 0 Å². The number of rotatable bonds is 5. The number of fused-ring (bicyclic) bond motifs is 3. The highest BCUT2D eigenvalue weighted by atomic mass is 32.2. The van der Waals surface area contributed by atoms with E-state index >= 15 is 0 Å². The Labute approximate surface area is 169 Å². The molecule has 2 aliphatic rings. The van der Waals surface area contributed by atoms with Gasteiger partial charge in [-0.1, -0.05) is 12.1 Å². The van der Waals surface area contributed by atoms with Crippen molar-refractivity contribution in [2.75, 3.05) is 6.61 Å². The first-order valence-corrected chi connectivity index (χ1v) is 10.7. The van der Waals surface area contributed by atoms with Gasteiger partial charge in [0, 0.05) is 22.8 Å². The number of furan rings is 1. The number of nitrogens with zero attached hydrogens (tertiary/aromatic N) is 1. The number of amides is 1. The van der Waals surface area contributed by atoms with Gasteiger partial charge in [-0.3, -0.25) is 9.79 Å². The van der Waals surface area contributed by atoms with Crippen LogP contribution in [0.5, 0.6) is 5.75 Å². The van der Waals surface area contributed by atoms with E-state index in [1.165, 1.54) is 0 Å². The molecule has 5 nitrogen and oxygen atoms in total. The summed E-state index contributed by atoms with van der Waals surface area (Å²) in [7, 11) is 0. The van der Waals surface area contributed by atoms with Gasteiger partial charge in [0.25, 0.3) is 5.91 Å². The van der Waals surface area contributed by atoms with Crippen LogP contribution in [0, 0.1) is 6.92 Å². The molecule has 1 aromatic carbocycles. The molecule has 1 aliphatic carbocycles. The summed E-state index contributed by atoms with van der Waals surface area (Å²) in [4.78, 5) is 17.7. The summed E-state index contributed by atoms with van der Waals surface area (Å²) >= 11 is 1.85. The number of aryl methyl sites for hydroxylation is 1. The molecule has 4 rings (SSSR count). The summed E-state index contributed by atoms with van der Waals surface area (Å²) in [6.07, 6.45) is 1.91. The summed E-state index contributed by atoms with van der Waals surface area (Å²) in [6, 6.07) is 7.82. The predicted molar refractivity (Wildman–Crippen MR) is 112 cm³/mol. The molecule has 148 valence electrons. The molecule has 1 N–H and O–H groups in total. The number of benzene rings is 1. The second-order valence-electron chi connectivity index (χ2n) is 7.38. The van der Waals surface area contributed by atoms with E-state index in [4.69, 9.17) is 14.1 Å². The van der Waals surface area contributed by atoms with Gasteiger partial charge in [-0.05, 0) is 51.8 Å². The van der Waals surface area contributed by atoms with Crippen molar-refractivity contribution in [2.24, 2.45) is 4.99 Å². The predicted octanol–water partition coefficient (Wildman–Crippen LogP) is 5.00. The molecule has 1 aliphatic heterocycles. The lowest BCUT2D eigenvalue weighted by Gasteiger charge is -2.22. The topological polar surface area (TPSA) is 63.8 Å².